The Morgan fingerprint density at radius 2 is 2.16 bits per heavy atom. The monoisotopic (exact) mass is 299 g/mol. The highest BCUT2D eigenvalue weighted by atomic mass is 32.2. The highest BCUT2D eigenvalue weighted by molar-refractivity contribution is 7.91. The fraction of sp³-hybridized carbons (Fsp3) is 0.273. The van der Waals surface area contributed by atoms with Gasteiger partial charge in [0.2, 0.25) is 0 Å². The van der Waals surface area contributed by atoms with Crippen LogP contribution in [0.4, 0.5) is 0 Å². The molecule has 1 atom stereocenters. The summed E-state index contributed by atoms with van der Waals surface area (Å²) in [6.45, 7) is 3.25. The maximum Gasteiger partial charge on any atom is 0.305 e. The fourth-order valence-corrected chi connectivity index (χ4v) is 4.16. The number of hydrogen-bond acceptors (Lipinski definition) is 5. The minimum atomic E-state index is -3.72. The fourth-order valence-electron chi connectivity index (χ4n) is 1.63. The first-order valence-electron chi connectivity index (χ1n) is 5.53. The summed E-state index contributed by atoms with van der Waals surface area (Å²) in [5.41, 5.74) is 0.960. The van der Waals surface area contributed by atoms with Crippen molar-refractivity contribution in [3.63, 3.8) is 0 Å². The summed E-state index contributed by atoms with van der Waals surface area (Å²) < 4.78 is 26.8. The lowest BCUT2D eigenvalue weighted by Crippen LogP contribution is -2.27. The van der Waals surface area contributed by atoms with E-state index >= 15 is 0 Å². The van der Waals surface area contributed by atoms with E-state index in [-0.39, 0.29) is 9.08 Å². The van der Waals surface area contributed by atoms with Crippen LogP contribution in [0.25, 0.3) is 0 Å². The molecule has 0 spiro atoms. The van der Waals surface area contributed by atoms with E-state index in [4.69, 9.17) is 0 Å². The molecule has 0 aliphatic carbocycles. The zero-order chi connectivity index (χ0) is 14.0. The average Bonchev–Trinajstić information content (AvgIpc) is 2.70. The highest BCUT2D eigenvalue weighted by Gasteiger charge is 2.23. The number of hydrogen-bond donors (Lipinski definition) is 2. The van der Waals surface area contributed by atoms with Crippen molar-refractivity contribution in [3.05, 3.63) is 45.5 Å². The molecular weight excluding hydrogens is 286 g/mol. The first kappa shape index (κ1) is 13.9. The Kier molecular flexibility index (Phi) is 3.83. The molecule has 2 aromatic rings. The molecule has 19 heavy (non-hydrogen) atoms. The third kappa shape index (κ3) is 3.09. The molecule has 2 N–H and O–H groups in total. The topological polar surface area (TPSA) is 91.9 Å². The molecule has 0 saturated heterocycles. The molecule has 0 aliphatic heterocycles. The van der Waals surface area contributed by atoms with Crippen LogP contribution in [0.3, 0.4) is 0 Å². The second kappa shape index (κ2) is 5.24. The first-order chi connectivity index (χ1) is 8.90. The van der Waals surface area contributed by atoms with Gasteiger partial charge in [0.05, 0.1) is 11.7 Å². The maximum atomic E-state index is 12.2. The lowest BCUT2D eigenvalue weighted by atomic mass is 10.2. The van der Waals surface area contributed by atoms with Gasteiger partial charge in [-0.2, -0.15) is 0 Å². The van der Waals surface area contributed by atoms with Crippen molar-refractivity contribution in [1.82, 2.24) is 14.7 Å². The third-order valence-corrected chi connectivity index (χ3v) is 5.63. The summed E-state index contributed by atoms with van der Waals surface area (Å²) in [4.78, 5) is 17.3. The van der Waals surface area contributed by atoms with Gasteiger partial charge in [0.1, 0.15) is 0 Å². The molecule has 2 rings (SSSR count). The summed E-state index contributed by atoms with van der Waals surface area (Å²) >= 11 is 0.676. The number of pyridine rings is 1. The van der Waals surface area contributed by atoms with Crippen LogP contribution < -0.4 is 9.60 Å². The quantitative estimate of drug-likeness (QED) is 0.886. The van der Waals surface area contributed by atoms with Gasteiger partial charge >= 0.3 is 4.87 Å². The molecule has 0 bridgehead atoms. The van der Waals surface area contributed by atoms with Crippen LogP contribution in [0.1, 0.15) is 24.4 Å². The molecule has 102 valence electrons. The highest BCUT2D eigenvalue weighted by Crippen LogP contribution is 2.19. The van der Waals surface area contributed by atoms with E-state index in [0.717, 1.165) is 0 Å². The molecule has 0 radical (unpaired) electrons. The van der Waals surface area contributed by atoms with Gasteiger partial charge < -0.3 is 4.98 Å². The van der Waals surface area contributed by atoms with Crippen LogP contribution in [0.2, 0.25) is 0 Å². The van der Waals surface area contributed by atoms with Gasteiger partial charge in [-0.1, -0.05) is 17.4 Å². The lowest BCUT2D eigenvalue weighted by Gasteiger charge is -2.12. The van der Waals surface area contributed by atoms with Gasteiger partial charge in [0.15, 0.2) is 4.21 Å². The Morgan fingerprint density at radius 3 is 2.68 bits per heavy atom. The van der Waals surface area contributed by atoms with Crippen molar-refractivity contribution in [1.29, 1.82) is 0 Å². The van der Waals surface area contributed by atoms with E-state index in [0.29, 0.717) is 22.7 Å². The van der Waals surface area contributed by atoms with Crippen molar-refractivity contribution in [2.45, 2.75) is 24.1 Å². The summed E-state index contributed by atoms with van der Waals surface area (Å²) in [5, 5.41) is 0. The summed E-state index contributed by atoms with van der Waals surface area (Å²) in [7, 11) is -3.72. The number of thiazole rings is 1. The van der Waals surface area contributed by atoms with Crippen LogP contribution >= 0.6 is 11.3 Å². The zero-order valence-electron chi connectivity index (χ0n) is 10.4. The van der Waals surface area contributed by atoms with Crippen molar-refractivity contribution >= 4 is 21.4 Å². The molecule has 2 aromatic heterocycles. The van der Waals surface area contributed by atoms with Crippen LogP contribution in [0.15, 0.2) is 33.4 Å². The Bertz CT molecular complexity index is 719. The summed E-state index contributed by atoms with van der Waals surface area (Å²) in [5.74, 6) is 0. The molecule has 0 fully saturated rings. The summed E-state index contributed by atoms with van der Waals surface area (Å²) in [6, 6.07) is 4.81. The molecule has 2 heterocycles. The van der Waals surface area contributed by atoms with Crippen LogP contribution in [0, 0.1) is 6.92 Å². The van der Waals surface area contributed by atoms with Crippen molar-refractivity contribution in [3.8, 4) is 0 Å². The zero-order valence-corrected chi connectivity index (χ0v) is 12.0. The molecular formula is C11H13N3O3S2. The van der Waals surface area contributed by atoms with Crippen LogP contribution in [-0.4, -0.2) is 18.4 Å². The number of sulfonamides is 1. The maximum absolute atomic E-state index is 12.2. The minimum Gasteiger partial charge on any atom is -0.315 e. The standard InChI is InChI=1S/C11H13N3O3S2/c1-7(9-5-3-4-6-12-9)14-19(16,17)10-8(2)13-11(15)18-10/h3-7,14H,1-2H3,(H,13,15). The molecule has 6 nitrogen and oxygen atoms in total. The number of nitrogens with one attached hydrogen (secondary N) is 2. The summed E-state index contributed by atoms with van der Waals surface area (Å²) in [6.07, 6.45) is 1.60. The van der Waals surface area contributed by atoms with E-state index in [1.54, 1.807) is 38.2 Å². The second-order valence-corrected chi connectivity index (χ2v) is 6.92. The molecule has 0 amide bonds. The normalized spacial score (nSPS) is 13.4. The Hall–Kier alpha value is -1.51. The van der Waals surface area contributed by atoms with Gasteiger partial charge in [-0.25, -0.2) is 13.1 Å². The van der Waals surface area contributed by atoms with Gasteiger partial charge in [0.25, 0.3) is 10.0 Å². The number of rotatable bonds is 4. The first-order valence-corrected chi connectivity index (χ1v) is 7.83. The number of aryl methyl sites for hydroxylation is 1. The van der Waals surface area contributed by atoms with E-state index in [9.17, 15) is 13.2 Å². The second-order valence-electron chi connectivity index (χ2n) is 4.02. The number of aromatic nitrogens is 2. The lowest BCUT2D eigenvalue weighted by molar-refractivity contribution is 0.565. The predicted molar refractivity (Wildman–Crippen MR) is 72.7 cm³/mol. The molecule has 8 heteroatoms. The van der Waals surface area contributed by atoms with Gasteiger partial charge in [-0.15, -0.1) is 0 Å². The van der Waals surface area contributed by atoms with Crippen LogP contribution in [0.5, 0.6) is 0 Å². The van der Waals surface area contributed by atoms with Crippen molar-refractivity contribution < 1.29 is 8.42 Å². The average molecular weight is 299 g/mol. The van der Waals surface area contributed by atoms with E-state index < -0.39 is 16.1 Å². The van der Waals surface area contributed by atoms with Gasteiger partial charge in [0, 0.05) is 11.9 Å². The van der Waals surface area contributed by atoms with Crippen molar-refractivity contribution in [2.24, 2.45) is 0 Å². The SMILES string of the molecule is Cc1[nH]c(=O)sc1S(=O)(=O)NC(C)c1ccccn1. The van der Waals surface area contributed by atoms with Crippen molar-refractivity contribution in [2.75, 3.05) is 0 Å². The Morgan fingerprint density at radius 1 is 1.42 bits per heavy atom. The number of H-pyrrole nitrogens is 1. The third-order valence-electron chi connectivity index (χ3n) is 2.49. The van der Waals surface area contributed by atoms with Crippen LogP contribution in [-0.2, 0) is 10.0 Å². The Labute approximate surface area is 114 Å². The molecule has 0 saturated carbocycles. The van der Waals surface area contributed by atoms with E-state index in [1.807, 2.05) is 0 Å². The van der Waals surface area contributed by atoms with Gasteiger partial charge in [-0.3, -0.25) is 9.78 Å². The largest absolute Gasteiger partial charge is 0.315 e. The number of aromatic amines is 1. The smallest absolute Gasteiger partial charge is 0.305 e. The predicted octanol–water partition coefficient (Wildman–Crippen LogP) is 1.18. The van der Waals surface area contributed by atoms with E-state index in [1.165, 1.54) is 0 Å². The van der Waals surface area contributed by atoms with E-state index in [2.05, 4.69) is 14.7 Å². The Balaban J connectivity index is 2.28. The minimum absolute atomic E-state index is 0.0141. The molecule has 0 aliphatic rings. The molecule has 1 unspecified atom stereocenters. The molecule has 0 aromatic carbocycles. The van der Waals surface area contributed by atoms with Gasteiger partial charge in [-0.05, 0) is 26.0 Å². The number of nitrogens with zero attached hydrogens (tertiary/aromatic N) is 1.